The number of aromatic nitrogens is 2. The van der Waals surface area contributed by atoms with Gasteiger partial charge in [-0.15, -0.1) is 0 Å². The maximum atomic E-state index is 12.8. The fourth-order valence-corrected chi connectivity index (χ4v) is 3.57. The van der Waals surface area contributed by atoms with Gasteiger partial charge in [-0.1, -0.05) is 0 Å². The summed E-state index contributed by atoms with van der Waals surface area (Å²) < 4.78 is 0. The molecule has 152 valence electrons. The van der Waals surface area contributed by atoms with E-state index in [1.165, 1.54) is 0 Å². The number of carbonyl (C=O) groups excluding carboxylic acids is 2. The summed E-state index contributed by atoms with van der Waals surface area (Å²) >= 11 is 0. The van der Waals surface area contributed by atoms with E-state index in [0.717, 1.165) is 22.5 Å². The van der Waals surface area contributed by atoms with Gasteiger partial charge in [-0.2, -0.15) is 0 Å². The predicted octanol–water partition coefficient (Wildman–Crippen LogP) is 3.59. The van der Waals surface area contributed by atoms with Gasteiger partial charge < -0.3 is 21.4 Å². The van der Waals surface area contributed by atoms with Gasteiger partial charge in [0.1, 0.15) is 0 Å². The minimum Gasteiger partial charge on any atom is -0.397 e. The lowest BCUT2D eigenvalue weighted by Gasteiger charge is -2.14. The lowest BCUT2D eigenvalue weighted by molar-refractivity contribution is -0.110. The van der Waals surface area contributed by atoms with E-state index in [-0.39, 0.29) is 17.9 Å². The van der Waals surface area contributed by atoms with Crippen LogP contribution in [0.25, 0.3) is 11.6 Å². The predicted molar refractivity (Wildman–Crippen MR) is 118 cm³/mol. The summed E-state index contributed by atoms with van der Waals surface area (Å²) in [6, 6.07) is 8.76. The molecule has 2 amide bonds. The molecule has 7 heteroatoms. The number of amides is 2. The number of fused-ring (bicyclic) bond motifs is 1. The number of pyridine rings is 1. The summed E-state index contributed by atoms with van der Waals surface area (Å²) in [5.74, 6) is -0.421. The number of nitrogens with two attached hydrogens (primary N) is 1. The largest absolute Gasteiger partial charge is 0.397 e. The maximum Gasteiger partial charge on any atom is 0.256 e. The summed E-state index contributed by atoms with van der Waals surface area (Å²) in [5, 5.41) is 5.84. The molecule has 3 aromatic rings. The van der Waals surface area contributed by atoms with Crippen LogP contribution < -0.4 is 16.4 Å². The van der Waals surface area contributed by atoms with Gasteiger partial charge in [0.05, 0.1) is 17.3 Å². The van der Waals surface area contributed by atoms with Gasteiger partial charge in [0.15, 0.2) is 0 Å². The first-order valence-corrected chi connectivity index (χ1v) is 9.68. The van der Waals surface area contributed by atoms with Gasteiger partial charge in [-0.05, 0) is 68.3 Å². The van der Waals surface area contributed by atoms with E-state index in [1.807, 2.05) is 32.9 Å². The molecular weight excluding hydrogens is 378 g/mol. The van der Waals surface area contributed by atoms with Gasteiger partial charge in [-0.25, -0.2) is 0 Å². The van der Waals surface area contributed by atoms with Crippen molar-refractivity contribution >= 4 is 34.8 Å². The molecule has 0 aliphatic carbocycles. The molecule has 30 heavy (non-hydrogen) atoms. The van der Waals surface area contributed by atoms with Crippen LogP contribution in [-0.4, -0.2) is 21.8 Å². The molecule has 0 saturated carbocycles. The Balaban J connectivity index is 1.64. The monoisotopic (exact) mass is 401 g/mol. The molecule has 1 aromatic carbocycles. The van der Waals surface area contributed by atoms with Gasteiger partial charge >= 0.3 is 0 Å². The Labute approximate surface area is 174 Å². The van der Waals surface area contributed by atoms with Crippen LogP contribution in [0.3, 0.4) is 0 Å². The number of nitrogen functional groups attached to an aromatic ring is 1. The van der Waals surface area contributed by atoms with Crippen molar-refractivity contribution < 1.29 is 9.59 Å². The van der Waals surface area contributed by atoms with Crippen molar-refractivity contribution in [3.8, 4) is 0 Å². The molecule has 5 N–H and O–H groups in total. The zero-order chi connectivity index (χ0) is 21.4. The second-order valence-corrected chi connectivity index (χ2v) is 7.45. The van der Waals surface area contributed by atoms with Crippen LogP contribution in [-0.2, 0) is 4.79 Å². The number of carbonyl (C=O) groups is 2. The SMILES string of the molecule is Cc1[nH]c(/C=C2\C(=O)Nc3ccc(C(=O)N[C@H](C)c4ccncc4)cc32)c(C)c1N. The highest BCUT2D eigenvalue weighted by Gasteiger charge is 2.26. The van der Waals surface area contributed by atoms with E-state index in [2.05, 4.69) is 20.6 Å². The van der Waals surface area contributed by atoms with E-state index in [9.17, 15) is 9.59 Å². The van der Waals surface area contributed by atoms with Gasteiger partial charge in [0.2, 0.25) is 0 Å². The number of hydrogen-bond acceptors (Lipinski definition) is 4. The summed E-state index contributed by atoms with van der Waals surface area (Å²) in [6.07, 6.45) is 5.17. The van der Waals surface area contributed by atoms with Crippen LogP contribution >= 0.6 is 0 Å². The molecule has 0 radical (unpaired) electrons. The average Bonchev–Trinajstić information content (AvgIpc) is 3.18. The number of benzene rings is 1. The first kappa shape index (κ1) is 19.4. The highest BCUT2D eigenvalue weighted by molar-refractivity contribution is 6.35. The molecule has 0 spiro atoms. The summed E-state index contributed by atoms with van der Waals surface area (Å²) in [5.41, 5.74) is 12.6. The maximum absolute atomic E-state index is 12.8. The lowest BCUT2D eigenvalue weighted by Crippen LogP contribution is -2.26. The first-order chi connectivity index (χ1) is 14.3. The Kier molecular flexibility index (Phi) is 4.87. The average molecular weight is 401 g/mol. The van der Waals surface area contributed by atoms with Crippen molar-refractivity contribution in [3.05, 3.63) is 76.4 Å². The van der Waals surface area contributed by atoms with Gasteiger partial charge in [-0.3, -0.25) is 14.6 Å². The molecule has 4 rings (SSSR count). The number of hydrogen-bond donors (Lipinski definition) is 4. The molecule has 1 aliphatic heterocycles. The van der Waals surface area contributed by atoms with E-state index in [4.69, 9.17) is 5.73 Å². The molecule has 1 atom stereocenters. The molecule has 2 aromatic heterocycles. The Morgan fingerprint density at radius 3 is 2.60 bits per heavy atom. The Morgan fingerprint density at radius 1 is 1.20 bits per heavy atom. The molecule has 0 fully saturated rings. The third-order valence-electron chi connectivity index (χ3n) is 5.44. The van der Waals surface area contributed by atoms with E-state index in [0.29, 0.717) is 28.1 Å². The highest BCUT2D eigenvalue weighted by Crippen LogP contribution is 2.35. The second-order valence-electron chi connectivity index (χ2n) is 7.45. The number of nitrogens with one attached hydrogen (secondary N) is 3. The molecule has 0 saturated heterocycles. The number of aromatic amines is 1. The Hall–Kier alpha value is -3.87. The Morgan fingerprint density at radius 2 is 1.93 bits per heavy atom. The summed E-state index contributed by atoms with van der Waals surface area (Å²) in [6.45, 7) is 5.71. The van der Waals surface area contributed by atoms with Crippen LogP contribution in [0, 0.1) is 13.8 Å². The fraction of sp³-hybridized carbons (Fsp3) is 0.174. The zero-order valence-corrected chi connectivity index (χ0v) is 17.0. The quantitative estimate of drug-likeness (QED) is 0.500. The van der Waals surface area contributed by atoms with Crippen molar-refractivity contribution in [1.29, 1.82) is 0 Å². The highest BCUT2D eigenvalue weighted by atomic mass is 16.2. The van der Waals surface area contributed by atoms with Crippen LogP contribution in [0.4, 0.5) is 11.4 Å². The normalized spacial score (nSPS) is 15.0. The van der Waals surface area contributed by atoms with Crippen LogP contribution in [0.2, 0.25) is 0 Å². The first-order valence-electron chi connectivity index (χ1n) is 9.68. The lowest BCUT2D eigenvalue weighted by atomic mass is 10.0. The fourth-order valence-electron chi connectivity index (χ4n) is 3.57. The number of H-pyrrole nitrogens is 1. The zero-order valence-electron chi connectivity index (χ0n) is 17.0. The van der Waals surface area contributed by atoms with Gasteiger partial charge in [0, 0.05) is 40.6 Å². The van der Waals surface area contributed by atoms with Crippen molar-refractivity contribution in [2.75, 3.05) is 11.1 Å². The number of rotatable bonds is 4. The third-order valence-corrected chi connectivity index (χ3v) is 5.44. The van der Waals surface area contributed by atoms with Crippen LogP contribution in [0.5, 0.6) is 0 Å². The molecule has 7 nitrogen and oxygen atoms in total. The van der Waals surface area contributed by atoms with Crippen molar-refractivity contribution in [1.82, 2.24) is 15.3 Å². The minimum atomic E-state index is -0.211. The molecular formula is C23H23N5O2. The van der Waals surface area contributed by atoms with E-state index < -0.39 is 0 Å². The van der Waals surface area contributed by atoms with Crippen molar-refractivity contribution in [2.24, 2.45) is 0 Å². The second kappa shape index (κ2) is 7.51. The Bertz CT molecular complexity index is 1180. The third kappa shape index (κ3) is 3.45. The van der Waals surface area contributed by atoms with Gasteiger partial charge in [0.25, 0.3) is 11.8 Å². The standard InChI is InChI=1S/C23H23N5O2/c1-12-20(26-14(3)21(12)24)11-18-17-10-16(4-5-19(17)28-23(18)30)22(29)27-13(2)15-6-8-25-9-7-15/h4-11,13,26H,24H2,1-3H3,(H,27,29)(H,28,30)/b18-11-/t13-/m1/s1. The molecule has 0 bridgehead atoms. The number of nitrogens with zero attached hydrogens (tertiary/aromatic N) is 1. The number of aryl methyl sites for hydroxylation is 1. The summed E-state index contributed by atoms with van der Waals surface area (Å²) in [4.78, 5) is 32.6. The van der Waals surface area contributed by atoms with Crippen LogP contribution in [0.1, 0.15) is 51.4 Å². The molecule has 0 unspecified atom stereocenters. The minimum absolute atomic E-state index is 0.170. The smallest absolute Gasteiger partial charge is 0.256 e. The van der Waals surface area contributed by atoms with Crippen LogP contribution in [0.15, 0.2) is 42.7 Å². The van der Waals surface area contributed by atoms with E-state index >= 15 is 0 Å². The topological polar surface area (TPSA) is 113 Å². The molecule has 1 aliphatic rings. The van der Waals surface area contributed by atoms with Crippen molar-refractivity contribution in [2.45, 2.75) is 26.8 Å². The van der Waals surface area contributed by atoms with E-state index in [1.54, 1.807) is 36.7 Å². The number of anilines is 2. The molecule has 3 heterocycles. The summed E-state index contributed by atoms with van der Waals surface area (Å²) in [7, 11) is 0. The van der Waals surface area contributed by atoms with Crippen molar-refractivity contribution in [3.63, 3.8) is 0 Å².